The van der Waals surface area contributed by atoms with Gasteiger partial charge in [-0.2, -0.15) is 0 Å². The van der Waals surface area contributed by atoms with Gasteiger partial charge in [0, 0.05) is 13.1 Å². The minimum atomic E-state index is -0.997. The van der Waals surface area contributed by atoms with Gasteiger partial charge in [-0.25, -0.2) is 0 Å². The first-order valence-electron chi connectivity index (χ1n) is 9.02. The number of carbonyl (C=O) groups is 3. The molecule has 1 unspecified atom stereocenters. The summed E-state index contributed by atoms with van der Waals surface area (Å²) < 4.78 is 0. The van der Waals surface area contributed by atoms with Crippen molar-refractivity contribution in [3.63, 3.8) is 0 Å². The summed E-state index contributed by atoms with van der Waals surface area (Å²) in [7, 11) is 0. The van der Waals surface area contributed by atoms with Crippen molar-refractivity contribution in [3.8, 4) is 0 Å². The Hall–Kier alpha value is -3.19. The summed E-state index contributed by atoms with van der Waals surface area (Å²) in [5.41, 5.74) is 1.56. The summed E-state index contributed by atoms with van der Waals surface area (Å²) in [5.74, 6) is -3.14. The largest absolute Gasteiger partial charge is 0.481 e. The molecule has 0 heterocycles. The number of rotatable bonds is 11. The molecule has 0 fully saturated rings. The number of amides is 1. The number of hydrogen-bond acceptors (Lipinski definition) is 4. The van der Waals surface area contributed by atoms with Crippen LogP contribution in [0.5, 0.6) is 0 Å². The van der Waals surface area contributed by atoms with Crippen LogP contribution in [0.15, 0.2) is 60.7 Å². The molecule has 0 aliphatic rings. The Kier molecular flexibility index (Phi) is 8.17. The SMILES string of the molecule is O=C(O)CCNC(=O)[C@H](Cc1ccccc1)NCC(C(=O)O)c1ccccc1. The molecule has 0 aliphatic carbocycles. The fourth-order valence-electron chi connectivity index (χ4n) is 2.82. The number of aliphatic carboxylic acids is 2. The molecule has 148 valence electrons. The van der Waals surface area contributed by atoms with Crippen LogP contribution in [0, 0.1) is 0 Å². The molecule has 28 heavy (non-hydrogen) atoms. The maximum Gasteiger partial charge on any atom is 0.312 e. The Morgan fingerprint density at radius 3 is 2.07 bits per heavy atom. The summed E-state index contributed by atoms with van der Waals surface area (Å²) in [4.78, 5) is 34.9. The van der Waals surface area contributed by atoms with Gasteiger partial charge in [0.15, 0.2) is 0 Å². The lowest BCUT2D eigenvalue weighted by Crippen LogP contribution is -2.47. The molecule has 2 aromatic rings. The van der Waals surface area contributed by atoms with Gasteiger partial charge in [0.05, 0.1) is 18.4 Å². The fraction of sp³-hybridized carbons (Fsp3) is 0.286. The van der Waals surface area contributed by atoms with E-state index in [1.54, 1.807) is 24.3 Å². The smallest absolute Gasteiger partial charge is 0.312 e. The highest BCUT2D eigenvalue weighted by Crippen LogP contribution is 2.15. The molecule has 0 aromatic heterocycles. The van der Waals surface area contributed by atoms with Crippen LogP contribution >= 0.6 is 0 Å². The first-order chi connectivity index (χ1) is 13.5. The van der Waals surface area contributed by atoms with Crippen molar-refractivity contribution in [1.82, 2.24) is 10.6 Å². The molecule has 0 radical (unpaired) electrons. The van der Waals surface area contributed by atoms with Crippen molar-refractivity contribution in [2.24, 2.45) is 0 Å². The predicted molar refractivity (Wildman–Crippen MR) is 104 cm³/mol. The van der Waals surface area contributed by atoms with Crippen molar-refractivity contribution in [2.75, 3.05) is 13.1 Å². The van der Waals surface area contributed by atoms with E-state index in [-0.39, 0.29) is 25.4 Å². The van der Waals surface area contributed by atoms with Gasteiger partial charge < -0.3 is 20.8 Å². The lowest BCUT2D eigenvalue weighted by atomic mass is 9.98. The zero-order valence-electron chi connectivity index (χ0n) is 15.4. The highest BCUT2D eigenvalue weighted by molar-refractivity contribution is 5.83. The fourth-order valence-corrected chi connectivity index (χ4v) is 2.82. The lowest BCUT2D eigenvalue weighted by molar-refractivity contribution is -0.139. The summed E-state index contributed by atoms with van der Waals surface area (Å²) in [6.07, 6.45) is 0.187. The van der Waals surface area contributed by atoms with Crippen molar-refractivity contribution in [2.45, 2.75) is 24.8 Å². The van der Waals surface area contributed by atoms with E-state index in [2.05, 4.69) is 10.6 Å². The molecule has 0 spiro atoms. The minimum absolute atomic E-state index is 0.0161. The van der Waals surface area contributed by atoms with Crippen LogP contribution in [0.1, 0.15) is 23.5 Å². The van der Waals surface area contributed by atoms with Crippen LogP contribution in [0.2, 0.25) is 0 Å². The molecular formula is C21H24N2O5. The van der Waals surface area contributed by atoms with E-state index in [0.29, 0.717) is 12.0 Å². The average Bonchev–Trinajstić information content (AvgIpc) is 2.68. The van der Waals surface area contributed by atoms with Crippen LogP contribution in [-0.2, 0) is 20.8 Å². The normalized spacial score (nSPS) is 12.7. The Morgan fingerprint density at radius 2 is 1.50 bits per heavy atom. The Morgan fingerprint density at radius 1 is 0.893 bits per heavy atom. The van der Waals surface area contributed by atoms with Gasteiger partial charge in [-0.15, -0.1) is 0 Å². The molecule has 2 aromatic carbocycles. The molecule has 2 rings (SSSR count). The van der Waals surface area contributed by atoms with Crippen LogP contribution in [0.25, 0.3) is 0 Å². The Labute approximate surface area is 163 Å². The first kappa shape index (κ1) is 21.1. The maximum atomic E-state index is 12.5. The highest BCUT2D eigenvalue weighted by Gasteiger charge is 2.24. The lowest BCUT2D eigenvalue weighted by Gasteiger charge is -2.21. The van der Waals surface area contributed by atoms with Gasteiger partial charge in [-0.3, -0.25) is 14.4 Å². The second kappa shape index (κ2) is 10.8. The molecule has 2 atom stereocenters. The number of nitrogens with one attached hydrogen (secondary N) is 2. The van der Waals surface area contributed by atoms with Gasteiger partial charge in [-0.05, 0) is 17.5 Å². The second-order valence-electron chi connectivity index (χ2n) is 6.39. The predicted octanol–water partition coefficient (Wildman–Crippen LogP) is 1.65. The van der Waals surface area contributed by atoms with E-state index >= 15 is 0 Å². The third kappa shape index (κ3) is 6.85. The van der Waals surface area contributed by atoms with E-state index in [0.717, 1.165) is 5.56 Å². The molecule has 0 aliphatic heterocycles. The topological polar surface area (TPSA) is 116 Å². The minimum Gasteiger partial charge on any atom is -0.481 e. The average molecular weight is 384 g/mol. The molecular weight excluding hydrogens is 360 g/mol. The van der Waals surface area contributed by atoms with Crippen LogP contribution in [0.3, 0.4) is 0 Å². The van der Waals surface area contributed by atoms with Gasteiger partial charge in [-0.1, -0.05) is 60.7 Å². The summed E-state index contributed by atoms with van der Waals surface area (Å²) in [6.45, 7) is 0.0887. The quantitative estimate of drug-likeness (QED) is 0.468. The molecule has 0 saturated carbocycles. The van der Waals surface area contributed by atoms with Crippen molar-refractivity contribution in [1.29, 1.82) is 0 Å². The molecule has 7 heteroatoms. The van der Waals surface area contributed by atoms with Crippen molar-refractivity contribution >= 4 is 17.8 Å². The molecule has 0 saturated heterocycles. The van der Waals surface area contributed by atoms with Crippen LogP contribution in [0.4, 0.5) is 0 Å². The first-order valence-corrected chi connectivity index (χ1v) is 9.02. The number of carbonyl (C=O) groups excluding carboxylic acids is 1. The van der Waals surface area contributed by atoms with Crippen LogP contribution in [-0.4, -0.2) is 47.2 Å². The van der Waals surface area contributed by atoms with Crippen molar-refractivity contribution in [3.05, 3.63) is 71.8 Å². The summed E-state index contributed by atoms with van der Waals surface area (Å²) in [5, 5.41) is 23.9. The number of carboxylic acids is 2. The molecule has 0 bridgehead atoms. The molecule has 7 nitrogen and oxygen atoms in total. The second-order valence-corrected chi connectivity index (χ2v) is 6.39. The van der Waals surface area contributed by atoms with E-state index in [1.165, 1.54) is 0 Å². The monoisotopic (exact) mass is 384 g/mol. The van der Waals surface area contributed by atoms with Gasteiger partial charge in [0.2, 0.25) is 5.91 Å². The standard InChI is InChI=1S/C21H24N2O5/c24-19(25)11-12-22-20(26)18(13-15-7-3-1-4-8-15)23-14-17(21(27)28)16-9-5-2-6-10-16/h1-10,17-18,23H,11-14H2,(H,22,26)(H,24,25)(H,27,28)/t17?,18-/m0/s1. The van der Waals surface area contributed by atoms with E-state index < -0.39 is 23.9 Å². The van der Waals surface area contributed by atoms with E-state index in [9.17, 15) is 19.5 Å². The van der Waals surface area contributed by atoms with Gasteiger partial charge >= 0.3 is 11.9 Å². The summed E-state index contributed by atoms with van der Waals surface area (Å²) in [6, 6.07) is 17.5. The third-order valence-electron chi connectivity index (χ3n) is 4.31. The van der Waals surface area contributed by atoms with E-state index in [4.69, 9.17) is 5.11 Å². The number of benzene rings is 2. The molecule has 4 N–H and O–H groups in total. The number of hydrogen-bond donors (Lipinski definition) is 4. The summed E-state index contributed by atoms with van der Waals surface area (Å²) >= 11 is 0. The van der Waals surface area contributed by atoms with Crippen LogP contribution < -0.4 is 10.6 Å². The third-order valence-corrected chi connectivity index (χ3v) is 4.31. The Bertz CT molecular complexity index is 780. The maximum absolute atomic E-state index is 12.5. The number of carboxylic acid groups (broad SMARTS) is 2. The highest BCUT2D eigenvalue weighted by atomic mass is 16.4. The Balaban J connectivity index is 2.07. The molecule has 1 amide bonds. The zero-order chi connectivity index (χ0) is 20.4. The van der Waals surface area contributed by atoms with E-state index in [1.807, 2.05) is 36.4 Å². The van der Waals surface area contributed by atoms with Gasteiger partial charge in [0.1, 0.15) is 0 Å². The van der Waals surface area contributed by atoms with Gasteiger partial charge in [0.25, 0.3) is 0 Å². The zero-order valence-corrected chi connectivity index (χ0v) is 15.4. The van der Waals surface area contributed by atoms with Crippen molar-refractivity contribution < 1.29 is 24.6 Å².